The minimum Gasteiger partial charge on any atom is -0.339 e. The number of nitrogens with zero attached hydrogens (tertiary/aromatic N) is 2. The minimum atomic E-state index is -3.20. The van der Waals surface area contributed by atoms with E-state index in [2.05, 4.69) is 22.4 Å². The molecule has 0 radical (unpaired) electrons. The van der Waals surface area contributed by atoms with Crippen LogP contribution < -0.4 is 5.32 Å². The highest BCUT2D eigenvalue weighted by Crippen LogP contribution is 2.37. The van der Waals surface area contributed by atoms with Crippen LogP contribution in [-0.4, -0.2) is 37.9 Å². The maximum atomic E-state index is 11.6. The van der Waals surface area contributed by atoms with Crippen molar-refractivity contribution >= 4 is 9.84 Å². The summed E-state index contributed by atoms with van der Waals surface area (Å²) >= 11 is 0. The van der Waals surface area contributed by atoms with Crippen LogP contribution in [0, 0.1) is 0 Å². The van der Waals surface area contributed by atoms with Gasteiger partial charge in [-0.3, -0.25) is 0 Å². The zero-order valence-electron chi connectivity index (χ0n) is 12.3. The lowest BCUT2D eigenvalue weighted by molar-refractivity contribution is 0.208. The molecule has 0 aliphatic carbocycles. The molecule has 0 amide bonds. The predicted molar refractivity (Wildman–Crippen MR) is 76.2 cm³/mol. The fourth-order valence-electron chi connectivity index (χ4n) is 2.76. The van der Waals surface area contributed by atoms with E-state index < -0.39 is 15.1 Å². The van der Waals surface area contributed by atoms with Gasteiger partial charge in [0, 0.05) is 6.26 Å². The molecule has 1 aliphatic heterocycles. The first-order valence-electron chi connectivity index (χ1n) is 7.13. The van der Waals surface area contributed by atoms with E-state index in [0.717, 1.165) is 38.8 Å². The fraction of sp³-hybridized carbons (Fsp3) is 0.846. The monoisotopic (exact) mass is 301 g/mol. The van der Waals surface area contributed by atoms with E-state index in [1.807, 2.05) is 0 Å². The molecule has 1 aliphatic rings. The summed E-state index contributed by atoms with van der Waals surface area (Å²) in [5, 5.41) is 6.51. The summed E-state index contributed by atoms with van der Waals surface area (Å²) in [5.41, 5.74) is -0.0948. The predicted octanol–water partition coefficient (Wildman–Crippen LogP) is 1.60. The Kier molecular flexibility index (Phi) is 4.49. The Hall–Kier alpha value is -0.950. The van der Waals surface area contributed by atoms with Crippen LogP contribution in [0.4, 0.5) is 0 Å². The van der Waals surface area contributed by atoms with Crippen molar-refractivity contribution in [1.82, 2.24) is 15.5 Å². The zero-order chi connectivity index (χ0) is 14.8. The molecule has 0 saturated carbocycles. The molecule has 1 unspecified atom stereocenters. The van der Waals surface area contributed by atoms with Gasteiger partial charge in [0.2, 0.25) is 5.89 Å². The Bertz CT molecular complexity index is 541. The van der Waals surface area contributed by atoms with Gasteiger partial charge in [-0.05, 0) is 39.3 Å². The van der Waals surface area contributed by atoms with Crippen molar-refractivity contribution in [2.45, 2.75) is 50.2 Å². The van der Waals surface area contributed by atoms with Crippen LogP contribution in [-0.2, 0) is 15.3 Å². The van der Waals surface area contributed by atoms with E-state index in [4.69, 9.17) is 4.52 Å². The Balaban J connectivity index is 2.30. The Morgan fingerprint density at radius 3 is 2.60 bits per heavy atom. The average Bonchev–Trinajstić information content (AvgIpc) is 2.88. The number of aromatic nitrogens is 2. The summed E-state index contributed by atoms with van der Waals surface area (Å²) in [7, 11) is -3.20. The molecule has 1 aromatic heterocycles. The lowest BCUT2D eigenvalue weighted by atomic mass is 9.75. The van der Waals surface area contributed by atoms with Crippen molar-refractivity contribution in [2.24, 2.45) is 0 Å². The lowest BCUT2D eigenvalue weighted by Crippen LogP contribution is -2.40. The number of nitrogens with one attached hydrogen (secondary N) is 1. The maximum absolute atomic E-state index is 11.6. The Morgan fingerprint density at radius 2 is 2.05 bits per heavy atom. The maximum Gasteiger partial charge on any atom is 0.233 e. The molecule has 7 heteroatoms. The molecule has 1 aromatic rings. The van der Waals surface area contributed by atoms with Crippen molar-refractivity contribution in [3.8, 4) is 0 Å². The van der Waals surface area contributed by atoms with E-state index >= 15 is 0 Å². The second-order valence-corrected chi connectivity index (χ2v) is 8.08. The van der Waals surface area contributed by atoms with Gasteiger partial charge in [0.25, 0.3) is 0 Å². The molecular weight excluding hydrogens is 278 g/mol. The summed E-state index contributed by atoms with van der Waals surface area (Å²) in [4.78, 5) is 4.41. The van der Waals surface area contributed by atoms with Gasteiger partial charge in [-0.25, -0.2) is 8.42 Å². The highest BCUT2D eigenvalue weighted by Gasteiger charge is 2.39. The molecule has 20 heavy (non-hydrogen) atoms. The second kappa shape index (κ2) is 5.81. The standard InChI is InChI=1S/C13H23N3O3S/c1-4-5-13(6-8-14-9-7-13)12-15-11(16-19-12)10(2)20(3,17)18/h10,14H,4-9H2,1-3H3. The lowest BCUT2D eigenvalue weighted by Gasteiger charge is -2.34. The quantitative estimate of drug-likeness (QED) is 0.889. The van der Waals surface area contributed by atoms with E-state index in [9.17, 15) is 8.42 Å². The summed E-state index contributed by atoms with van der Waals surface area (Å²) in [5.74, 6) is 0.878. The van der Waals surface area contributed by atoms with Gasteiger partial charge in [0.05, 0.1) is 5.41 Å². The molecule has 6 nitrogen and oxygen atoms in total. The third kappa shape index (κ3) is 3.03. The third-order valence-electron chi connectivity index (χ3n) is 4.19. The van der Waals surface area contributed by atoms with Gasteiger partial charge in [0.15, 0.2) is 15.7 Å². The van der Waals surface area contributed by atoms with Crippen molar-refractivity contribution in [3.05, 3.63) is 11.7 Å². The molecule has 0 aromatic carbocycles. The van der Waals surface area contributed by atoms with Crippen LogP contribution in [0.1, 0.15) is 56.5 Å². The van der Waals surface area contributed by atoms with Crippen molar-refractivity contribution in [2.75, 3.05) is 19.3 Å². The highest BCUT2D eigenvalue weighted by molar-refractivity contribution is 7.90. The average molecular weight is 301 g/mol. The molecule has 1 saturated heterocycles. The number of piperidine rings is 1. The number of rotatable bonds is 5. The molecule has 1 fully saturated rings. The molecule has 114 valence electrons. The first-order chi connectivity index (χ1) is 9.39. The SMILES string of the molecule is CCCC1(c2nc(C(C)S(C)(=O)=O)no2)CCNCC1. The summed E-state index contributed by atoms with van der Waals surface area (Å²) in [6.45, 7) is 5.60. The highest BCUT2D eigenvalue weighted by atomic mass is 32.2. The molecule has 1 N–H and O–H groups in total. The van der Waals surface area contributed by atoms with Gasteiger partial charge in [-0.15, -0.1) is 0 Å². The molecular formula is C13H23N3O3S. The largest absolute Gasteiger partial charge is 0.339 e. The van der Waals surface area contributed by atoms with Crippen LogP contribution in [0.25, 0.3) is 0 Å². The summed E-state index contributed by atoms with van der Waals surface area (Å²) in [6.07, 6.45) is 5.13. The van der Waals surface area contributed by atoms with E-state index in [1.165, 1.54) is 6.26 Å². The number of sulfone groups is 1. The summed E-state index contributed by atoms with van der Waals surface area (Å²) in [6, 6.07) is 0. The Morgan fingerprint density at radius 1 is 1.40 bits per heavy atom. The van der Waals surface area contributed by atoms with Crippen LogP contribution in [0.2, 0.25) is 0 Å². The van der Waals surface area contributed by atoms with E-state index in [0.29, 0.717) is 5.89 Å². The van der Waals surface area contributed by atoms with E-state index in [-0.39, 0.29) is 11.2 Å². The normalized spacial score (nSPS) is 20.8. The number of hydrogen-bond donors (Lipinski definition) is 1. The molecule has 2 rings (SSSR count). The van der Waals surface area contributed by atoms with Gasteiger partial charge >= 0.3 is 0 Å². The van der Waals surface area contributed by atoms with Gasteiger partial charge in [-0.2, -0.15) is 4.98 Å². The van der Waals surface area contributed by atoms with Crippen molar-refractivity contribution in [3.63, 3.8) is 0 Å². The smallest absolute Gasteiger partial charge is 0.233 e. The summed E-state index contributed by atoms with van der Waals surface area (Å²) < 4.78 is 28.6. The first kappa shape index (κ1) is 15.4. The van der Waals surface area contributed by atoms with E-state index in [1.54, 1.807) is 6.92 Å². The van der Waals surface area contributed by atoms with Crippen molar-refractivity contribution < 1.29 is 12.9 Å². The van der Waals surface area contributed by atoms with Crippen LogP contribution in [0.3, 0.4) is 0 Å². The molecule has 2 heterocycles. The van der Waals surface area contributed by atoms with Crippen LogP contribution >= 0.6 is 0 Å². The topological polar surface area (TPSA) is 85.1 Å². The molecule has 1 atom stereocenters. The van der Waals surface area contributed by atoms with Gasteiger partial charge in [0.1, 0.15) is 5.25 Å². The third-order valence-corrected chi connectivity index (χ3v) is 5.69. The van der Waals surface area contributed by atoms with Gasteiger partial charge < -0.3 is 9.84 Å². The first-order valence-corrected chi connectivity index (χ1v) is 9.08. The van der Waals surface area contributed by atoms with Gasteiger partial charge in [-0.1, -0.05) is 18.5 Å². The fourth-order valence-corrected chi connectivity index (χ4v) is 3.24. The van der Waals surface area contributed by atoms with Crippen molar-refractivity contribution in [1.29, 1.82) is 0 Å². The van der Waals surface area contributed by atoms with Crippen LogP contribution in [0.15, 0.2) is 4.52 Å². The Labute approximate surface area is 120 Å². The minimum absolute atomic E-state index is 0.0948. The zero-order valence-corrected chi connectivity index (χ0v) is 13.2. The molecule has 0 spiro atoms. The second-order valence-electron chi connectivity index (χ2n) is 5.71. The van der Waals surface area contributed by atoms with Crippen LogP contribution in [0.5, 0.6) is 0 Å². The number of hydrogen-bond acceptors (Lipinski definition) is 6. The molecule has 0 bridgehead atoms.